The Morgan fingerprint density at radius 2 is 1.23 bits per heavy atom. The van der Waals surface area contributed by atoms with Crippen LogP contribution in [0.4, 0.5) is 0 Å². The maximum absolute atomic E-state index is 13.2. The molecule has 0 bridgehead atoms. The van der Waals surface area contributed by atoms with Gasteiger partial charge < -0.3 is 9.47 Å². The van der Waals surface area contributed by atoms with Crippen LogP contribution in [0.2, 0.25) is 0 Å². The summed E-state index contributed by atoms with van der Waals surface area (Å²) in [5.74, 6) is -1.15. The minimum Gasteiger partial charge on any atom is -0.465 e. The van der Waals surface area contributed by atoms with Gasteiger partial charge in [-0.05, 0) is 29.1 Å². The van der Waals surface area contributed by atoms with Crippen LogP contribution in [0.15, 0.2) is 0 Å². The van der Waals surface area contributed by atoms with E-state index < -0.39 is 11.3 Å². The van der Waals surface area contributed by atoms with Crippen LogP contribution in [-0.4, -0.2) is 25.2 Å². The van der Waals surface area contributed by atoms with E-state index in [2.05, 4.69) is 0 Å². The number of rotatable bonds is 8. The normalized spacial score (nSPS) is 16.3. The quantitative estimate of drug-likeness (QED) is 0.530. The average molecular weight is 371 g/mol. The molecule has 0 aliphatic rings. The number of ether oxygens (including phenoxy) is 2. The molecule has 0 heterocycles. The van der Waals surface area contributed by atoms with Gasteiger partial charge in [0.2, 0.25) is 0 Å². The van der Waals surface area contributed by atoms with Gasteiger partial charge in [0.15, 0.2) is 0 Å². The van der Waals surface area contributed by atoms with E-state index in [4.69, 9.17) is 9.47 Å². The van der Waals surface area contributed by atoms with Gasteiger partial charge in [0, 0.05) is 0 Å². The van der Waals surface area contributed by atoms with Crippen molar-refractivity contribution in [2.75, 3.05) is 13.2 Å². The van der Waals surface area contributed by atoms with Gasteiger partial charge in [0.1, 0.15) is 0 Å². The maximum Gasteiger partial charge on any atom is 0.313 e. The van der Waals surface area contributed by atoms with Crippen LogP contribution in [0, 0.1) is 34.0 Å². The summed E-state index contributed by atoms with van der Waals surface area (Å²) < 4.78 is 11.3. The van der Waals surface area contributed by atoms with Crippen molar-refractivity contribution in [3.8, 4) is 0 Å². The van der Waals surface area contributed by atoms with E-state index in [1.165, 1.54) is 0 Å². The number of hydrogen-bond donors (Lipinski definition) is 0. The molecule has 0 aliphatic carbocycles. The molecule has 0 amide bonds. The lowest BCUT2D eigenvalue weighted by atomic mass is 9.62. The summed E-state index contributed by atoms with van der Waals surface area (Å²) in [6.45, 7) is 22.7. The van der Waals surface area contributed by atoms with Crippen LogP contribution >= 0.6 is 0 Å². The molecule has 2 unspecified atom stereocenters. The summed E-state index contributed by atoms with van der Waals surface area (Å²) >= 11 is 0. The van der Waals surface area contributed by atoms with Crippen molar-refractivity contribution in [2.24, 2.45) is 34.0 Å². The highest BCUT2D eigenvalue weighted by atomic mass is 16.5. The minimum absolute atomic E-state index is 0.0213. The lowest BCUT2D eigenvalue weighted by molar-refractivity contribution is -0.180. The standard InChI is InChI=1S/C22H42O4/c1-12-22(16(4)5,19(24)26-14-21(9,10)11)17(15(2)3)18(23)25-13-20(6,7)8/h15-17H,12-14H2,1-11H3. The minimum atomic E-state index is -0.881. The monoisotopic (exact) mass is 370 g/mol. The van der Waals surface area contributed by atoms with Crippen LogP contribution in [0.25, 0.3) is 0 Å². The summed E-state index contributed by atoms with van der Waals surface area (Å²) in [6, 6.07) is 0. The molecular weight excluding hydrogens is 328 g/mol. The zero-order chi connectivity index (χ0) is 20.9. The van der Waals surface area contributed by atoms with E-state index in [-0.39, 0.29) is 34.6 Å². The molecule has 0 aromatic rings. The first kappa shape index (κ1) is 24.9. The molecule has 0 radical (unpaired) electrons. The Balaban J connectivity index is 5.80. The Bertz CT molecular complexity index is 466. The molecule has 0 rings (SSSR count). The molecule has 0 aliphatic heterocycles. The first-order valence-corrected chi connectivity index (χ1v) is 9.92. The first-order valence-electron chi connectivity index (χ1n) is 9.92. The molecule has 0 aromatic carbocycles. The Kier molecular flexibility index (Phi) is 8.86. The summed E-state index contributed by atoms with van der Waals surface area (Å²) in [7, 11) is 0. The van der Waals surface area contributed by atoms with E-state index >= 15 is 0 Å². The molecule has 0 saturated heterocycles. The van der Waals surface area contributed by atoms with Crippen molar-refractivity contribution in [3.63, 3.8) is 0 Å². The largest absolute Gasteiger partial charge is 0.465 e. The lowest BCUT2D eigenvalue weighted by Gasteiger charge is -2.42. The fraction of sp³-hybridized carbons (Fsp3) is 0.909. The predicted octanol–water partition coefficient (Wildman–Crippen LogP) is 5.49. The highest BCUT2D eigenvalue weighted by Gasteiger charge is 2.53. The Morgan fingerprint density at radius 1 is 0.808 bits per heavy atom. The van der Waals surface area contributed by atoms with Crippen molar-refractivity contribution in [2.45, 2.75) is 82.6 Å². The maximum atomic E-state index is 13.2. The number of esters is 2. The van der Waals surface area contributed by atoms with E-state index in [0.717, 1.165) is 0 Å². The summed E-state index contributed by atoms with van der Waals surface area (Å²) in [4.78, 5) is 26.2. The van der Waals surface area contributed by atoms with Crippen molar-refractivity contribution in [3.05, 3.63) is 0 Å². The highest BCUT2D eigenvalue weighted by molar-refractivity contribution is 5.86. The molecule has 0 N–H and O–H groups in total. The molecule has 2 atom stereocenters. The molecule has 0 aromatic heterocycles. The van der Waals surface area contributed by atoms with E-state index in [1.807, 2.05) is 76.2 Å². The fourth-order valence-corrected chi connectivity index (χ4v) is 3.37. The van der Waals surface area contributed by atoms with E-state index in [9.17, 15) is 9.59 Å². The average Bonchev–Trinajstić information content (AvgIpc) is 2.45. The van der Waals surface area contributed by atoms with Crippen LogP contribution < -0.4 is 0 Å². The first-order chi connectivity index (χ1) is 11.6. The van der Waals surface area contributed by atoms with Gasteiger partial charge in [-0.15, -0.1) is 0 Å². The molecule has 0 spiro atoms. The van der Waals surface area contributed by atoms with Crippen molar-refractivity contribution < 1.29 is 19.1 Å². The van der Waals surface area contributed by atoms with Gasteiger partial charge in [0.25, 0.3) is 0 Å². The van der Waals surface area contributed by atoms with Crippen molar-refractivity contribution in [1.29, 1.82) is 0 Å². The van der Waals surface area contributed by atoms with Gasteiger partial charge >= 0.3 is 11.9 Å². The van der Waals surface area contributed by atoms with Crippen LogP contribution in [0.5, 0.6) is 0 Å². The Labute approximate surface area is 161 Å². The molecule has 4 nitrogen and oxygen atoms in total. The lowest BCUT2D eigenvalue weighted by Crippen LogP contribution is -2.50. The zero-order valence-electron chi connectivity index (χ0n) is 19.0. The van der Waals surface area contributed by atoms with Gasteiger partial charge in [-0.2, -0.15) is 0 Å². The number of carbonyl (C=O) groups is 2. The SMILES string of the molecule is CCC(C(=O)OCC(C)(C)C)(C(C)C)C(C(=O)OCC(C)(C)C)C(C)C. The van der Waals surface area contributed by atoms with Crippen LogP contribution in [0.1, 0.15) is 82.6 Å². The van der Waals surface area contributed by atoms with Crippen LogP contribution in [-0.2, 0) is 19.1 Å². The van der Waals surface area contributed by atoms with Crippen molar-refractivity contribution in [1.82, 2.24) is 0 Å². The zero-order valence-corrected chi connectivity index (χ0v) is 19.0. The molecule has 154 valence electrons. The molecule has 0 saturated carbocycles. The highest BCUT2D eigenvalue weighted by Crippen LogP contribution is 2.45. The molecular formula is C22H42O4. The second-order valence-electron chi connectivity index (χ2n) is 10.6. The predicted molar refractivity (Wildman–Crippen MR) is 107 cm³/mol. The van der Waals surface area contributed by atoms with E-state index in [1.54, 1.807) is 0 Å². The number of hydrogen-bond acceptors (Lipinski definition) is 4. The third-order valence-corrected chi connectivity index (χ3v) is 4.75. The Hall–Kier alpha value is -1.06. The molecule has 0 fully saturated rings. The second kappa shape index (κ2) is 9.23. The fourth-order valence-electron chi connectivity index (χ4n) is 3.37. The topological polar surface area (TPSA) is 52.6 Å². The Morgan fingerprint density at radius 3 is 1.54 bits per heavy atom. The summed E-state index contributed by atoms with van der Waals surface area (Å²) in [5.41, 5.74) is -1.11. The third kappa shape index (κ3) is 6.92. The number of carbonyl (C=O) groups excluding carboxylic acids is 2. The molecule has 26 heavy (non-hydrogen) atoms. The van der Waals surface area contributed by atoms with Gasteiger partial charge in [0.05, 0.1) is 24.5 Å². The van der Waals surface area contributed by atoms with Gasteiger partial charge in [-0.25, -0.2) is 0 Å². The summed E-state index contributed by atoms with van der Waals surface area (Å²) in [5, 5.41) is 0. The summed E-state index contributed by atoms with van der Waals surface area (Å²) in [6.07, 6.45) is 0.543. The van der Waals surface area contributed by atoms with Gasteiger partial charge in [-0.1, -0.05) is 76.2 Å². The molecule has 4 heteroatoms. The smallest absolute Gasteiger partial charge is 0.313 e. The second-order valence-corrected chi connectivity index (χ2v) is 10.6. The van der Waals surface area contributed by atoms with Gasteiger partial charge in [-0.3, -0.25) is 9.59 Å². The third-order valence-electron chi connectivity index (χ3n) is 4.75. The van der Waals surface area contributed by atoms with Crippen LogP contribution in [0.3, 0.4) is 0 Å². The van der Waals surface area contributed by atoms with E-state index in [0.29, 0.717) is 19.6 Å². The van der Waals surface area contributed by atoms with Crippen molar-refractivity contribution >= 4 is 11.9 Å².